The molecular formula is C41H42N2O10. The number of methoxy groups -OCH3 is 7. The zero-order valence-corrected chi connectivity index (χ0v) is 31.1. The van der Waals surface area contributed by atoms with Crippen molar-refractivity contribution < 1.29 is 47.4 Å². The Morgan fingerprint density at radius 1 is 0.698 bits per heavy atom. The fourth-order valence-electron chi connectivity index (χ4n) is 8.11. The Labute approximate surface area is 307 Å². The Hall–Kier alpha value is -5.75. The van der Waals surface area contributed by atoms with Crippen molar-refractivity contribution in [1.29, 1.82) is 0 Å². The Balaban J connectivity index is 1.26. The number of hydrogen-bond acceptors (Lipinski definition) is 12. The number of aromatic nitrogens is 1. The molecule has 0 fully saturated rings. The van der Waals surface area contributed by atoms with Crippen LogP contribution in [-0.2, 0) is 19.3 Å². The zero-order valence-electron chi connectivity index (χ0n) is 31.1. The highest BCUT2D eigenvalue weighted by molar-refractivity contribution is 6.06. The van der Waals surface area contributed by atoms with Gasteiger partial charge in [-0.15, -0.1) is 0 Å². The molecule has 2 aliphatic heterocycles. The second-order valence-electron chi connectivity index (χ2n) is 13.0. The van der Waals surface area contributed by atoms with Crippen LogP contribution in [0, 0.1) is 0 Å². The first-order chi connectivity index (χ1) is 25.9. The fraction of sp³-hybridized carbons (Fsp3) is 0.341. The van der Waals surface area contributed by atoms with Crippen LogP contribution in [0.5, 0.6) is 63.2 Å². The average Bonchev–Trinajstić information content (AvgIpc) is 3.69. The number of benzene rings is 4. The lowest BCUT2D eigenvalue weighted by molar-refractivity contribution is 0.169. The zero-order chi connectivity index (χ0) is 37.0. The number of nitrogens with zero attached hydrogens (tertiary/aromatic N) is 2. The minimum atomic E-state index is -0.0210. The van der Waals surface area contributed by atoms with Gasteiger partial charge in [0.05, 0.1) is 55.5 Å². The molecule has 12 nitrogen and oxygen atoms in total. The van der Waals surface area contributed by atoms with E-state index >= 15 is 0 Å². The average molecular weight is 723 g/mol. The van der Waals surface area contributed by atoms with E-state index in [1.165, 1.54) is 0 Å². The molecule has 0 saturated heterocycles. The summed E-state index contributed by atoms with van der Waals surface area (Å²) in [6, 6.07) is 11.9. The van der Waals surface area contributed by atoms with Gasteiger partial charge in [-0.1, -0.05) is 6.07 Å². The number of hydrogen-bond donors (Lipinski definition) is 0. The monoisotopic (exact) mass is 722 g/mol. The first-order valence-electron chi connectivity index (χ1n) is 17.3. The van der Waals surface area contributed by atoms with Crippen LogP contribution in [0.25, 0.3) is 21.9 Å². The molecule has 0 bridgehead atoms. The molecule has 276 valence electrons. The van der Waals surface area contributed by atoms with Crippen molar-refractivity contribution in [2.24, 2.45) is 0 Å². The third-order valence-electron chi connectivity index (χ3n) is 10.6. The molecule has 53 heavy (non-hydrogen) atoms. The molecule has 0 spiro atoms. The van der Waals surface area contributed by atoms with E-state index in [0.29, 0.717) is 70.3 Å². The van der Waals surface area contributed by atoms with E-state index in [0.717, 1.165) is 68.6 Å². The van der Waals surface area contributed by atoms with Gasteiger partial charge in [0, 0.05) is 52.8 Å². The SMILES string of the molecule is COc1ccc(CC2c3cc(OC)c4c(c3CCN2C)OCO4)c(OC)c1Oc1c(OC)cc2c(c1OC)Cc1nccc3cc(OC)c(OC)c-2c13. The molecular weight excluding hydrogens is 680 g/mol. The summed E-state index contributed by atoms with van der Waals surface area (Å²) in [4.78, 5) is 7.11. The molecule has 3 heterocycles. The fourth-order valence-corrected chi connectivity index (χ4v) is 8.11. The number of rotatable bonds is 11. The van der Waals surface area contributed by atoms with E-state index in [-0.39, 0.29) is 12.8 Å². The van der Waals surface area contributed by atoms with Crippen LogP contribution in [0.1, 0.15) is 34.0 Å². The maximum Gasteiger partial charge on any atom is 0.231 e. The summed E-state index contributed by atoms with van der Waals surface area (Å²) in [6.45, 7) is 1.01. The largest absolute Gasteiger partial charge is 0.493 e. The van der Waals surface area contributed by atoms with Crippen LogP contribution in [0.3, 0.4) is 0 Å². The van der Waals surface area contributed by atoms with Gasteiger partial charge in [0.1, 0.15) is 0 Å². The first kappa shape index (κ1) is 34.3. The van der Waals surface area contributed by atoms with Gasteiger partial charge in [-0.3, -0.25) is 9.88 Å². The molecule has 0 amide bonds. The summed E-state index contributed by atoms with van der Waals surface area (Å²) in [7, 11) is 13.5. The van der Waals surface area contributed by atoms with Crippen molar-refractivity contribution in [3.8, 4) is 74.4 Å². The third-order valence-corrected chi connectivity index (χ3v) is 10.6. The van der Waals surface area contributed by atoms with E-state index < -0.39 is 0 Å². The molecule has 1 unspecified atom stereocenters. The predicted octanol–water partition coefficient (Wildman–Crippen LogP) is 7.16. The van der Waals surface area contributed by atoms with Crippen molar-refractivity contribution in [1.82, 2.24) is 9.88 Å². The maximum atomic E-state index is 6.87. The third kappa shape index (κ3) is 5.34. The summed E-state index contributed by atoms with van der Waals surface area (Å²) in [5, 5.41) is 1.98. The van der Waals surface area contributed by atoms with Gasteiger partial charge in [0.15, 0.2) is 46.0 Å². The van der Waals surface area contributed by atoms with Crippen molar-refractivity contribution >= 4 is 10.8 Å². The summed E-state index contributed by atoms with van der Waals surface area (Å²) < 4.78 is 60.3. The number of likely N-dealkylation sites (N-methyl/N-ethyl adjacent to an activating group) is 1. The number of ether oxygens (including phenoxy) is 10. The smallest absolute Gasteiger partial charge is 0.231 e. The Kier molecular flexibility index (Phi) is 8.85. The molecule has 8 rings (SSSR count). The molecule has 12 heteroatoms. The molecule has 0 N–H and O–H groups in total. The Morgan fingerprint density at radius 2 is 1.40 bits per heavy atom. The lowest BCUT2D eigenvalue weighted by atomic mass is 9.84. The van der Waals surface area contributed by atoms with E-state index in [2.05, 4.69) is 18.0 Å². The van der Waals surface area contributed by atoms with Crippen LogP contribution in [0.2, 0.25) is 0 Å². The van der Waals surface area contributed by atoms with Crippen LogP contribution < -0.4 is 47.4 Å². The highest BCUT2D eigenvalue weighted by Crippen LogP contribution is 2.57. The van der Waals surface area contributed by atoms with Gasteiger partial charge in [0.25, 0.3) is 0 Å². The Morgan fingerprint density at radius 3 is 2.11 bits per heavy atom. The van der Waals surface area contributed by atoms with Crippen molar-refractivity contribution in [3.05, 3.63) is 70.5 Å². The topological polar surface area (TPSA) is 108 Å². The van der Waals surface area contributed by atoms with Crippen molar-refractivity contribution in [2.75, 3.05) is 70.2 Å². The lowest BCUT2D eigenvalue weighted by Gasteiger charge is -2.36. The summed E-state index contributed by atoms with van der Waals surface area (Å²) in [5.74, 6) is 6.00. The maximum absolute atomic E-state index is 6.87. The van der Waals surface area contributed by atoms with Crippen LogP contribution >= 0.6 is 0 Å². The molecule has 3 aliphatic rings. The van der Waals surface area contributed by atoms with Crippen LogP contribution in [0.15, 0.2) is 42.6 Å². The van der Waals surface area contributed by atoms with Crippen LogP contribution in [0.4, 0.5) is 0 Å². The van der Waals surface area contributed by atoms with Gasteiger partial charge >= 0.3 is 0 Å². The second-order valence-corrected chi connectivity index (χ2v) is 13.0. The summed E-state index contributed by atoms with van der Waals surface area (Å²) in [5.41, 5.74) is 6.64. The van der Waals surface area contributed by atoms with Gasteiger partial charge < -0.3 is 47.4 Å². The lowest BCUT2D eigenvalue weighted by Crippen LogP contribution is -2.33. The number of fused-ring (bicyclic) bond motifs is 5. The molecule has 0 radical (unpaired) electrons. The van der Waals surface area contributed by atoms with Gasteiger partial charge in [-0.25, -0.2) is 0 Å². The van der Waals surface area contributed by atoms with Crippen molar-refractivity contribution in [3.63, 3.8) is 0 Å². The van der Waals surface area contributed by atoms with Gasteiger partial charge in [0.2, 0.25) is 24.0 Å². The first-order valence-corrected chi connectivity index (χ1v) is 17.3. The summed E-state index contributed by atoms with van der Waals surface area (Å²) in [6.07, 6.45) is 3.72. The normalized spacial score (nSPS) is 15.4. The second kappa shape index (κ2) is 13.7. The highest BCUT2D eigenvalue weighted by Gasteiger charge is 2.36. The highest BCUT2D eigenvalue weighted by atomic mass is 16.7. The van der Waals surface area contributed by atoms with E-state index in [1.807, 2.05) is 30.3 Å². The molecule has 4 aromatic carbocycles. The van der Waals surface area contributed by atoms with Gasteiger partial charge in [-0.05, 0) is 66.7 Å². The molecule has 1 aliphatic carbocycles. The quantitative estimate of drug-likeness (QED) is 0.135. The van der Waals surface area contributed by atoms with E-state index in [1.54, 1.807) is 56.0 Å². The molecule has 0 saturated carbocycles. The predicted molar refractivity (Wildman–Crippen MR) is 198 cm³/mol. The van der Waals surface area contributed by atoms with Crippen molar-refractivity contribution in [2.45, 2.75) is 25.3 Å². The van der Waals surface area contributed by atoms with E-state index in [4.69, 9.17) is 52.4 Å². The molecule has 1 aromatic heterocycles. The number of pyridine rings is 1. The Bertz CT molecular complexity index is 2250. The minimum absolute atomic E-state index is 0.0210. The van der Waals surface area contributed by atoms with Crippen LogP contribution in [-0.4, -0.2) is 80.0 Å². The minimum Gasteiger partial charge on any atom is -0.493 e. The molecule has 1 atom stereocenters. The summed E-state index contributed by atoms with van der Waals surface area (Å²) >= 11 is 0. The van der Waals surface area contributed by atoms with Gasteiger partial charge in [-0.2, -0.15) is 0 Å². The standard InChI is InChI=1S/C41H42N2O10/c1-43-14-12-23-24(18-31(46-4)39-37(23)51-20-52-39)28(43)15-22-9-10-29(44-2)40(35(22)48-6)53-41-32(47-5)19-25-26(36(41)49-7)17-27-33-21(11-13-42-27)16-30(45-3)38(50-8)34(25)33/h9-11,13,16,18-19,28H,12,14-15,17,20H2,1-8H3. The molecule has 5 aromatic rings. The van der Waals surface area contributed by atoms with E-state index in [9.17, 15) is 0 Å².